The first-order chi connectivity index (χ1) is 5.29. The zero-order chi connectivity index (χ0) is 7.84. The maximum Gasteiger partial charge on any atom is 0.160 e. The lowest BCUT2D eigenvalue weighted by atomic mass is 9.91. The molecule has 0 amide bonds. The third-order valence-corrected chi connectivity index (χ3v) is 3.09. The van der Waals surface area contributed by atoms with Crippen molar-refractivity contribution in [3.05, 3.63) is 0 Å². The molecule has 11 heavy (non-hydrogen) atoms. The molecule has 64 valence electrons. The van der Waals surface area contributed by atoms with Crippen LogP contribution >= 0.6 is 12.6 Å². The van der Waals surface area contributed by atoms with E-state index >= 15 is 0 Å². The van der Waals surface area contributed by atoms with E-state index in [9.17, 15) is 0 Å². The van der Waals surface area contributed by atoms with Crippen molar-refractivity contribution in [2.24, 2.45) is 11.8 Å². The zero-order valence-corrected chi connectivity index (χ0v) is 7.59. The molecular weight excluding hydrogens is 160 g/mol. The Balaban J connectivity index is 2.03. The first-order valence-corrected chi connectivity index (χ1v) is 4.72. The Kier molecular flexibility index (Phi) is 2.12. The lowest BCUT2D eigenvalue weighted by molar-refractivity contribution is -0.0905. The van der Waals surface area contributed by atoms with Gasteiger partial charge in [0, 0.05) is 17.1 Å². The van der Waals surface area contributed by atoms with E-state index in [0.29, 0.717) is 17.1 Å². The molecule has 0 aliphatic carbocycles. The van der Waals surface area contributed by atoms with Crippen LogP contribution < -0.4 is 0 Å². The predicted octanol–water partition coefficient (Wildman–Crippen LogP) is 1.31. The molecule has 0 N–H and O–H groups in total. The van der Waals surface area contributed by atoms with E-state index in [4.69, 9.17) is 9.47 Å². The summed E-state index contributed by atoms with van der Waals surface area (Å²) >= 11 is 4.44. The summed E-state index contributed by atoms with van der Waals surface area (Å²) in [6.07, 6.45) is 1.25. The van der Waals surface area contributed by atoms with Crippen molar-refractivity contribution >= 4 is 12.6 Å². The second-order valence-corrected chi connectivity index (χ2v) is 4.24. The van der Waals surface area contributed by atoms with Crippen LogP contribution in [0.1, 0.15) is 13.3 Å². The summed E-state index contributed by atoms with van der Waals surface area (Å²) in [7, 11) is 0. The largest absolute Gasteiger partial charge is 0.352 e. The lowest BCUT2D eigenvalue weighted by Crippen LogP contribution is -2.21. The molecule has 0 saturated carbocycles. The van der Waals surface area contributed by atoms with Gasteiger partial charge in [-0.15, -0.1) is 0 Å². The number of rotatable bonds is 1. The molecule has 2 aliphatic rings. The standard InChI is InChI=1S/C8H14O2S/c1-5(11)7-4-10-8-6(7)2-3-9-8/h5-8,11H,2-4H2,1H3. The maximum atomic E-state index is 5.48. The molecule has 2 heterocycles. The van der Waals surface area contributed by atoms with Crippen molar-refractivity contribution in [3.8, 4) is 0 Å². The monoisotopic (exact) mass is 174 g/mol. The van der Waals surface area contributed by atoms with Crippen LogP contribution in [-0.4, -0.2) is 24.8 Å². The summed E-state index contributed by atoms with van der Waals surface area (Å²) in [6, 6.07) is 0. The number of hydrogen-bond donors (Lipinski definition) is 1. The molecule has 4 atom stereocenters. The van der Waals surface area contributed by atoms with Gasteiger partial charge in [0.05, 0.1) is 13.2 Å². The first-order valence-electron chi connectivity index (χ1n) is 4.20. The highest BCUT2D eigenvalue weighted by Gasteiger charge is 2.42. The summed E-state index contributed by atoms with van der Waals surface area (Å²) in [5.74, 6) is 1.22. The lowest BCUT2D eigenvalue weighted by Gasteiger charge is -2.17. The van der Waals surface area contributed by atoms with Gasteiger partial charge < -0.3 is 9.47 Å². The molecule has 2 aliphatic heterocycles. The Hall–Kier alpha value is 0.270. The van der Waals surface area contributed by atoms with Gasteiger partial charge in [-0.3, -0.25) is 0 Å². The minimum Gasteiger partial charge on any atom is -0.352 e. The van der Waals surface area contributed by atoms with Crippen LogP contribution in [0.25, 0.3) is 0 Å². The zero-order valence-electron chi connectivity index (χ0n) is 6.69. The van der Waals surface area contributed by atoms with Crippen molar-refractivity contribution < 1.29 is 9.47 Å². The van der Waals surface area contributed by atoms with E-state index in [2.05, 4.69) is 19.6 Å². The fourth-order valence-corrected chi connectivity index (χ4v) is 2.30. The van der Waals surface area contributed by atoms with Gasteiger partial charge in [0.2, 0.25) is 0 Å². The quantitative estimate of drug-likeness (QED) is 0.604. The molecule has 4 unspecified atom stereocenters. The first kappa shape index (κ1) is 7.90. The van der Waals surface area contributed by atoms with Gasteiger partial charge in [0.1, 0.15) is 0 Å². The predicted molar refractivity (Wildman–Crippen MR) is 45.7 cm³/mol. The van der Waals surface area contributed by atoms with Gasteiger partial charge in [-0.2, -0.15) is 12.6 Å². The smallest absolute Gasteiger partial charge is 0.160 e. The van der Waals surface area contributed by atoms with Crippen LogP contribution in [-0.2, 0) is 9.47 Å². The fraction of sp³-hybridized carbons (Fsp3) is 1.00. The Bertz CT molecular complexity index is 149. The van der Waals surface area contributed by atoms with Crippen LogP contribution in [0.3, 0.4) is 0 Å². The summed E-state index contributed by atoms with van der Waals surface area (Å²) in [5.41, 5.74) is 0. The van der Waals surface area contributed by atoms with Crippen molar-refractivity contribution in [1.29, 1.82) is 0 Å². The highest BCUT2D eigenvalue weighted by Crippen LogP contribution is 2.38. The second-order valence-electron chi connectivity index (χ2n) is 3.43. The molecule has 0 radical (unpaired) electrons. The van der Waals surface area contributed by atoms with Crippen LogP contribution in [0.5, 0.6) is 0 Å². The van der Waals surface area contributed by atoms with Gasteiger partial charge >= 0.3 is 0 Å². The molecule has 3 heteroatoms. The second kappa shape index (κ2) is 2.96. The van der Waals surface area contributed by atoms with Gasteiger partial charge in [-0.25, -0.2) is 0 Å². The maximum absolute atomic E-state index is 5.48. The molecule has 0 aromatic heterocycles. The van der Waals surface area contributed by atoms with Gasteiger partial charge in [-0.05, 0) is 6.42 Å². The Morgan fingerprint density at radius 1 is 1.45 bits per heavy atom. The highest BCUT2D eigenvalue weighted by molar-refractivity contribution is 7.80. The van der Waals surface area contributed by atoms with Crippen molar-refractivity contribution in [2.75, 3.05) is 13.2 Å². The number of fused-ring (bicyclic) bond motifs is 1. The third-order valence-electron chi connectivity index (χ3n) is 2.71. The number of hydrogen-bond acceptors (Lipinski definition) is 3. The Labute approximate surface area is 72.7 Å². The molecule has 0 bridgehead atoms. The SMILES string of the molecule is CC(S)C1COC2OCCC21. The van der Waals surface area contributed by atoms with E-state index in [1.165, 1.54) is 0 Å². The highest BCUT2D eigenvalue weighted by atomic mass is 32.1. The van der Waals surface area contributed by atoms with Crippen LogP contribution in [0, 0.1) is 11.8 Å². The minimum absolute atomic E-state index is 0.0922. The van der Waals surface area contributed by atoms with Gasteiger partial charge in [0.25, 0.3) is 0 Å². The molecule has 2 saturated heterocycles. The van der Waals surface area contributed by atoms with Crippen molar-refractivity contribution in [2.45, 2.75) is 24.9 Å². The van der Waals surface area contributed by atoms with Crippen molar-refractivity contribution in [1.82, 2.24) is 0 Å². The molecule has 2 nitrogen and oxygen atoms in total. The molecule has 0 aromatic rings. The van der Waals surface area contributed by atoms with Crippen LogP contribution in [0.2, 0.25) is 0 Å². The van der Waals surface area contributed by atoms with E-state index < -0.39 is 0 Å². The summed E-state index contributed by atoms with van der Waals surface area (Å²) in [4.78, 5) is 0. The Morgan fingerprint density at radius 3 is 3.00 bits per heavy atom. The average Bonchev–Trinajstić information content (AvgIpc) is 2.41. The molecule has 2 fully saturated rings. The Morgan fingerprint density at radius 2 is 2.27 bits per heavy atom. The average molecular weight is 174 g/mol. The molecule has 0 aromatic carbocycles. The van der Waals surface area contributed by atoms with E-state index in [-0.39, 0.29) is 6.29 Å². The fourth-order valence-electron chi connectivity index (χ4n) is 1.99. The number of ether oxygens (including phenoxy) is 2. The van der Waals surface area contributed by atoms with E-state index in [0.717, 1.165) is 19.6 Å². The third kappa shape index (κ3) is 1.30. The van der Waals surface area contributed by atoms with Gasteiger partial charge in [0.15, 0.2) is 6.29 Å². The molecular formula is C8H14O2S. The summed E-state index contributed by atoms with van der Waals surface area (Å²) in [6.45, 7) is 3.84. The summed E-state index contributed by atoms with van der Waals surface area (Å²) < 4.78 is 10.9. The number of thiol groups is 1. The topological polar surface area (TPSA) is 18.5 Å². The van der Waals surface area contributed by atoms with Crippen molar-refractivity contribution in [3.63, 3.8) is 0 Å². The van der Waals surface area contributed by atoms with Crippen LogP contribution in [0.4, 0.5) is 0 Å². The van der Waals surface area contributed by atoms with E-state index in [1.54, 1.807) is 0 Å². The van der Waals surface area contributed by atoms with E-state index in [1.807, 2.05) is 0 Å². The van der Waals surface area contributed by atoms with Gasteiger partial charge in [-0.1, -0.05) is 6.92 Å². The summed E-state index contributed by atoms with van der Waals surface area (Å²) in [5, 5.41) is 0.437. The molecule has 2 rings (SSSR count). The molecule has 0 spiro atoms. The normalized spacial score (nSPS) is 45.8. The minimum atomic E-state index is 0.0922. The van der Waals surface area contributed by atoms with Crippen LogP contribution in [0.15, 0.2) is 0 Å².